The van der Waals surface area contributed by atoms with Gasteiger partial charge in [-0.3, -0.25) is 10.1 Å². The fourth-order valence-electron chi connectivity index (χ4n) is 1.33. The monoisotopic (exact) mass is 310 g/mol. The molecule has 0 atom stereocenters. The van der Waals surface area contributed by atoms with E-state index in [1.165, 1.54) is 18.3 Å². The van der Waals surface area contributed by atoms with Crippen LogP contribution >= 0.6 is 23.2 Å². The number of ether oxygens (including phenoxy) is 1. The van der Waals surface area contributed by atoms with E-state index >= 15 is 0 Å². The van der Waals surface area contributed by atoms with Gasteiger partial charge < -0.3 is 4.74 Å². The second-order valence-electron chi connectivity index (χ2n) is 3.46. The fourth-order valence-corrected chi connectivity index (χ4v) is 1.64. The molecular weight excluding hydrogens is 307 g/mol. The van der Waals surface area contributed by atoms with E-state index in [4.69, 9.17) is 33.2 Å². The van der Waals surface area contributed by atoms with Crippen molar-refractivity contribution in [1.29, 1.82) is 5.26 Å². The van der Waals surface area contributed by atoms with E-state index in [-0.39, 0.29) is 27.2 Å². The molecule has 0 spiro atoms. The van der Waals surface area contributed by atoms with Gasteiger partial charge in [0.25, 0.3) is 5.88 Å². The highest BCUT2D eigenvalue weighted by molar-refractivity contribution is 6.42. The molecule has 0 aliphatic heterocycles. The summed E-state index contributed by atoms with van der Waals surface area (Å²) in [6.07, 6.45) is 1.30. The summed E-state index contributed by atoms with van der Waals surface area (Å²) in [4.78, 5) is 10.3. The minimum absolute atomic E-state index is 0.0189. The first kappa shape index (κ1) is 14.0. The number of halogens is 2. The van der Waals surface area contributed by atoms with Crippen molar-refractivity contribution >= 4 is 28.9 Å². The fraction of sp³-hybridized carbons (Fsp3) is 0. The largest absolute Gasteiger partial charge is 0.429 e. The number of hydrogen-bond acceptors (Lipinski definition) is 6. The second-order valence-corrected chi connectivity index (χ2v) is 4.27. The first-order valence-corrected chi connectivity index (χ1v) is 5.81. The van der Waals surface area contributed by atoms with Crippen molar-refractivity contribution in [1.82, 2.24) is 10.2 Å². The predicted octanol–water partition coefficient (Wildman–Crippen LogP) is 3.36. The van der Waals surface area contributed by atoms with Crippen LogP contribution in [0, 0.1) is 21.4 Å². The number of nitriles is 1. The summed E-state index contributed by atoms with van der Waals surface area (Å²) < 4.78 is 5.25. The molecule has 0 aliphatic rings. The topological polar surface area (TPSA) is 102 Å². The maximum atomic E-state index is 11.0. The van der Waals surface area contributed by atoms with Crippen LogP contribution in [0.5, 0.6) is 11.6 Å². The van der Waals surface area contributed by atoms with Crippen LogP contribution in [0.3, 0.4) is 0 Å². The van der Waals surface area contributed by atoms with Crippen LogP contribution in [0.2, 0.25) is 10.0 Å². The third-order valence-corrected chi connectivity index (χ3v) is 2.93. The van der Waals surface area contributed by atoms with Crippen LogP contribution in [-0.4, -0.2) is 15.1 Å². The van der Waals surface area contributed by atoms with Gasteiger partial charge in [0.1, 0.15) is 11.6 Å². The summed E-state index contributed by atoms with van der Waals surface area (Å²) in [6.45, 7) is 0. The zero-order valence-electron chi connectivity index (χ0n) is 9.58. The molecule has 0 radical (unpaired) electrons. The van der Waals surface area contributed by atoms with Gasteiger partial charge in [0.15, 0.2) is 0 Å². The summed E-state index contributed by atoms with van der Waals surface area (Å²) in [7, 11) is 0. The standard InChI is InChI=1S/C11H4Cl2N4O3/c12-7-3-9(17(18)19)10(4-8(7)13)20-11-6(5-14)1-2-15-16-11/h1-4H. The average Bonchev–Trinajstić information content (AvgIpc) is 2.43. The van der Waals surface area contributed by atoms with E-state index in [1.54, 1.807) is 0 Å². The number of rotatable bonds is 3. The summed E-state index contributed by atoms with van der Waals surface area (Å²) in [5, 5.41) is 27.1. The highest BCUT2D eigenvalue weighted by Gasteiger charge is 2.20. The SMILES string of the molecule is N#Cc1ccnnc1Oc1cc(Cl)c(Cl)cc1[N+](=O)[O-]. The lowest BCUT2D eigenvalue weighted by Gasteiger charge is -2.07. The molecule has 7 nitrogen and oxygen atoms in total. The highest BCUT2D eigenvalue weighted by atomic mass is 35.5. The van der Waals surface area contributed by atoms with Gasteiger partial charge in [-0.2, -0.15) is 10.4 Å². The van der Waals surface area contributed by atoms with Crippen LogP contribution in [0.1, 0.15) is 5.56 Å². The molecular formula is C11H4Cl2N4O3. The Labute approximate surface area is 122 Å². The summed E-state index contributed by atoms with van der Waals surface area (Å²) in [6, 6.07) is 5.44. The lowest BCUT2D eigenvalue weighted by atomic mass is 10.3. The molecule has 1 heterocycles. The number of aromatic nitrogens is 2. The average molecular weight is 311 g/mol. The van der Waals surface area contributed by atoms with Crippen molar-refractivity contribution in [3.8, 4) is 17.7 Å². The number of hydrogen-bond donors (Lipinski definition) is 0. The summed E-state index contributed by atoms with van der Waals surface area (Å²) in [5.41, 5.74) is -0.311. The molecule has 2 aromatic rings. The zero-order valence-corrected chi connectivity index (χ0v) is 11.1. The van der Waals surface area contributed by atoms with Gasteiger partial charge in [0.05, 0.1) is 21.2 Å². The first-order valence-electron chi connectivity index (χ1n) is 5.06. The molecule has 1 aromatic carbocycles. The number of benzene rings is 1. The Hall–Kier alpha value is -2.43. The predicted molar refractivity (Wildman–Crippen MR) is 69.9 cm³/mol. The molecule has 1 aromatic heterocycles. The van der Waals surface area contributed by atoms with E-state index < -0.39 is 10.6 Å². The molecule has 0 saturated carbocycles. The van der Waals surface area contributed by atoms with Crippen molar-refractivity contribution in [3.63, 3.8) is 0 Å². The zero-order chi connectivity index (χ0) is 14.7. The summed E-state index contributed by atoms with van der Waals surface area (Å²) >= 11 is 11.5. The van der Waals surface area contributed by atoms with Crippen LogP contribution in [0.4, 0.5) is 5.69 Å². The van der Waals surface area contributed by atoms with Gasteiger partial charge in [0.2, 0.25) is 5.75 Å². The Balaban J connectivity index is 2.51. The third kappa shape index (κ3) is 2.77. The van der Waals surface area contributed by atoms with Crippen LogP contribution in [0.25, 0.3) is 0 Å². The molecule has 0 amide bonds. The summed E-state index contributed by atoms with van der Waals surface area (Å²) in [5.74, 6) is -0.335. The van der Waals surface area contributed by atoms with Gasteiger partial charge in [-0.25, -0.2) is 0 Å². The Kier molecular flexibility index (Phi) is 3.98. The molecule has 0 bridgehead atoms. The minimum atomic E-state index is -0.681. The van der Waals surface area contributed by atoms with E-state index in [9.17, 15) is 10.1 Å². The maximum Gasteiger partial charge on any atom is 0.313 e. The lowest BCUT2D eigenvalue weighted by Crippen LogP contribution is -1.97. The Morgan fingerprint density at radius 3 is 2.70 bits per heavy atom. The van der Waals surface area contributed by atoms with Crippen molar-refractivity contribution in [2.24, 2.45) is 0 Å². The normalized spacial score (nSPS) is 9.85. The number of nitro benzene ring substituents is 1. The van der Waals surface area contributed by atoms with Crippen LogP contribution in [-0.2, 0) is 0 Å². The molecule has 0 N–H and O–H groups in total. The molecule has 9 heteroatoms. The third-order valence-electron chi connectivity index (χ3n) is 2.21. The first-order chi connectivity index (χ1) is 9.52. The molecule has 0 fully saturated rings. The Morgan fingerprint density at radius 2 is 2.05 bits per heavy atom. The number of nitrogens with zero attached hydrogens (tertiary/aromatic N) is 4. The number of nitro groups is 1. The van der Waals surface area contributed by atoms with Crippen molar-refractivity contribution in [2.75, 3.05) is 0 Å². The molecule has 100 valence electrons. The van der Waals surface area contributed by atoms with Gasteiger partial charge in [-0.1, -0.05) is 23.2 Å². The van der Waals surface area contributed by atoms with Crippen LogP contribution < -0.4 is 4.74 Å². The molecule has 0 saturated heterocycles. The second kappa shape index (κ2) is 5.69. The Bertz CT molecular complexity index is 730. The van der Waals surface area contributed by atoms with E-state index in [2.05, 4.69) is 10.2 Å². The van der Waals surface area contributed by atoms with E-state index in [1.807, 2.05) is 6.07 Å². The van der Waals surface area contributed by atoms with Gasteiger partial charge in [0, 0.05) is 12.1 Å². The van der Waals surface area contributed by atoms with Crippen molar-refractivity contribution in [2.45, 2.75) is 0 Å². The highest BCUT2D eigenvalue weighted by Crippen LogP contribution is 2.38. The molecule has 20 heavy (non-hydrogen) atoms. The molecule has 0 aliphatic carbocycles. The van der Waals surface area contributed by atoms with E-state index in [0.717, 1.165) is 6.07 Å². The van der Waals surface area contributed by atoms with Crippen LogP contribution in [0.15, 0.2) is 24.4 Å². The molecule has 0 unspecified atom stereocenters. The molecule has 2 rings (SSSR count). The quantitative estimate of drug-likeness (QED) is 0.636. The van der Waals surface area contributed by atoms with Crippen molar-refractivity contribution < 1.29 is 9.66 Å². The maximum absolute atomic E-state index is 11.0. The van der Waals surface area contributed by atoms with Gasteiger partial charge >= 0.3 is 5.69 Å². The lowest BCUT2D eigenvalue weighted by molar-refractivity contribution is -0.385. The minimum Gasteiger partial charge on any atom is -0.429 e. The smallest absolute Gasteiger partial charge is 0.313 e. The van der Waals surface area contributed by atoms with E-state index in [0.29, 0.717) is 0 Å². The van der Waals surface area contributed by atoms with Gasteiger partial charge in [-0.05, 0) is 6.07 Å². The Morgan fingerprint density at radius 1 is 1.35 bits per heavy atom. The van der Waals surface area contributed by atoms with Gasteiger partial charge in [-0.15, -0.1) is 5.10 Å². The van der Waals surface area contributed by atoms with Crippen molar-refractivity contribution in [3.05, 3.63) is 50.1 Å².